The van der Waals surface area contributed by atoms with E-state index in [9.17, 15) is 8.42 Å². The molecule has 1 aromatic heterocycles. The van der Waals surface area contributed by atoms with Crippen molar-refractivity contribution in [3.8, 4) is 5.75 Å². The molecule has 24 heavy (non-hydrogen) atoms. The zero-order valence-corrected chi connectivity index (χ0v) is 14.4. The molecule has 2 aromatic rings. The molecular weight excluding hydrogens is 326 g/mol. The van der Waals surface area contributed by atoms with Crippen molar-refractivity contribution in [1.29, 1.82) is 0 Å². The van der Waals surface area contributed by atoms with Gasteiger partial charge in [-0.3, -0.25) is 9.71 Å². The quantitative estimate of drug-likeness (QED) is 0.900. The zero-order chi connectivity index (χ0) is 17.0. The summed E-state index contributed by atoms with van der Waals surface area (Å²) in [5, 5.41) is 0. The number of rotatable bonds is 5. The Morgan fingerprint density at radius 2 is 1.71 bits per heavy atom. The number of nitrogens with one attached hydrogen (secondary N) is 1. The molecule has 0 radical (unpaired) electrons. The van der Waals surface area contributed by atoms with Crippen LogP contribution < -0.4 is 14.4 Å². The van der Waals surface area contributed by atoms with E-state index >= 15 is 0 Å². The van der Waals surface area contributed by atoms with Gasteiger partial charge in [-0.1, -0.05) is 0 Å². The van der Waals surface area contributed by atoms with Crippen LogP contribution >= 0.6 is 0 Å². The Balaban J connectivity index is 1.53. The van der Waals surface area contributed by atoms with Gasteiger partial charge in [0.15, 0.2) is 0 Å². The smallest absolute Gasteiger partial charge is 0.229 e. The van der Waals surface area contributed by atoms with Gasteiger partial charge in [0.1, 0.15) is 11.9 Å². The maximum atomic E-state index is 11.2. The van der Waals surface area contributed by atoms with Crippen molar-refractivity contribution in [3.63, 3.8) is 0 Å². The fourth-order valence-electron chi connectivity index (χ4n) is 2.79. The molecule has 0 saturated carbocycles. The Kier molecular flexibility index (Phi) is 4.89. The summed E-state index contributed by atoms with van der Waals surface area (Å²) in [5.74, 6) is 0.761. The van der Waals surface area contributed by atoms with Crippen LogP contribution in [0.25, 0.3) is 0 Å². The van der Waals surface area contributed by atoms with Crippen LogP contribution in [0.1, 0.15) is 12.8 Å². The maximum Gasteiger partial charge on any atom is 0.229 e. The molecule has 1 fully saturated rings. The summed E-state index contributed by atoms with van der Waals surface area (Å²) in [6.45, 7) is 1.89. The van der Waals surface area contributed by atoms with Crippen LogP contribution in [-0.4, -0.2) is 38.9 Å². The molecule has 128 valence electrons. The first-order chi connectivity index (χ1) is 11.5. The third kappa shape index (κ3) is 4.61. The average Bonchev–Trinajstić information content (AvgIpc) is 2.57. The van der Waals surface area contributed by atoms with Gasteiger partial charge in [-0.05, 0) is 36.4 Å². The van der Waals surface area contributed by atoms with E-state index in [0.29, 0.717) is 5.69 Å². The standard InChI is InChI=1S/C17H21N3O3S/c1-24(21,22)19-14-2-4-16(5-3-14)23-17-8-12-20(13-9-17)15-6-10-18-11-7-15/h2-7,10-11,17,19H,8-9,12-13H2,1H3. The molecule has 0 atom stereocenters. The van der Waals surface area contributed by atoms with Gasteiger partial charge in [0.2, 0.25) is 10.0 Å². The minimum Gasteiger partial charge on any atom is -0.490 e. The molecule has 0 bridgehead atoms. The number of benzene rings is 1. The van der Waals surface area contributed by atoms with Crippen LogP contribution in [0.15, 0.2) is 48.8 Å². The van der Waals surface area contributed by atoms with Crippen LogP contribution in [0.2, 0.25) is 0 Å². The average molecular weight is 347 g/mol. The second-order valence-electron chi connectivity index (χ2n) is 5.91. The molecule has 7 heteroatoms. The first-order valence-corrected chi connectivity index (χ1v) is 9.78. The topological polar surface area (TPSA) is 71.5 Å². The van der Waals surface area contributed by atoms with Gasteiger partial charge < -0.3 is 9.64 Å². The molecule has 0 unspecified atom stereocenters. The lowest BCUT2D eigenvalue weighted by Crippen LogP contribution is -2.38. The third-order valence-electron chi connectivity index (χ3n) is 3.93. The van der Waals surface area contributed by atoms with E-state index < -0.39 is 10.0 Å². The lowest BCUT2D eigenvalue weighted by molar-refractivity contribution is 0.171. The number of pyridine rings is 1. The van der Waals surface area contributed by atoms with Crippen LogP contribution in [0.4, 0.5) is 11.4 Å². The highest BCUT2D eigenvalue weighted by atomic mass is 32.2. The highest BCUT2D eigenvalue weighted by Gasteiger charge is 2.20. The monoisotopic (exact) mass is 347 g/mol. The Morgan fingerprint density at radius 3 is 2.29 bits per heavy atom. The van der Waals surface area contributed by atoms with Crippen molar-refractivity contribution in [2.75, 3.05) is 29.0 Å². The van der Waals surface area contributed by atoms with E-state index in [1.165, 1.54) is 5.69 Å². The molecule has 0 spiro atoms. The Hall–Kier alpha value is -2.28. The minimum absolute atomic E-state index is 0.178. The fourth-order valence-corrected chi connectivity index (χ4v) is 3.36. The van der Waals surface area contributed by atoms with Crippen molar-refractivity contribution in [3.05, 3.63) is 48.8 Å². The van der Waals surface area contributed by atoms with Crippen molar-refractivity contribution >= 4 is 21.4 Å². The molecular formula is C17H21N3O3S. The number of nitrogens with zero attached hydrogens (tertiary/aromatic N) is 2. The van der Waals surface area contributed by atoms with Crippen molar-refractivity contribution in [1.82, 2.24) is 4.98 Å². The molecule has 1 aliphatic heterocycles. The zero-order valence-electron chi connectivity index (χ0n) is 13.6. The van der Waals surface area contributed by atoms with Gasteiger partial charge in [-0.2, -0.15) is 0 Å². The Bertz CT molecular complexity index is 755. The lowest BCUT2D eigenvalue weighted by atomic mass is 10.1. The first-order valence-electron chi connectivity index (χ1n) is 7.89. The van der Waals surface area contributed by atoms with E-state index in [0.717, 1.165) is 37.9 Å². The van der Waals surface area contributed by atoms with E-state index in [2.05, 4.69) is 14.6 Å². The number of hydrogen-bond donors (Lipinski definition) is 1. The minimum atomic E-state index is -3.25. The van der Waals surface area contributed by atoms with Gasteiger partial charge in [-0.15, -0.1) is 0 Å². The molecule has 1 saturated heterocycles. The highest BCUT2D eigenvalue weighted by molar-refractivity contribution is 7.92. The second-order valence-corrected chi connectivity index (χ2v) is 7.66. The normalized spacial score (nSPS) is 16.0. The summed E-state index contributed by atoms with van der Waals surface area (Å²) in [7, 11) is -3.25. The molecule has 2 heterocycles. The van der Waals surface area contributed by atoms with Crippen LogP contribution in [-0.2, 0) is 10.0 Å². The summed E-state index contributed by atoms with van der Waals surface area (Å²) < 4.78 is 30.8. The predicted molar refractivity (Wildman–Crippen MR) is 95.0 cm³/mol. The summed E-state index contributed by atoms with van der Waals surface area (Å²) in [6.07, 6.45) is 6.83. The largest absolute Gasteiger partial charge is 0.490 e. The van der Waals surface area contributed by atoms with E-state index in [1.807, 2.05) is 24.5 Å². The fraction of sp³-hybridized carbons (Fsp3) is 0.353. The molecule has 1 aromatic carbocycles. The van der Waals surface area contributed by atoms with Crippen molar-refractivity contribution in [2.24, 2.45) is 0 Å². The summed E-state index contributed by atoms with van der Waals surface area (Å²) in [6, 6.07) is 11.1. The number of ether oxygens (including phenoxy) is 1. The summed E-state index contributed by atoms with van der Waals surface area (Å²) in [4.78, 5) is 6.38. The van der Waals surface area contributed by atoms with E-state index in [1.54, 1.807) is 24.3 Å². The lowest BCUT2D eigenvalue weighted by Gasteiger charge is -2.33. The summed E-state index contributed by atoms with van der Waals surface area (Å²) >= 11 is 0. The summed E-state index contributed by atoms with van der Waals surface area (Å²) in [5.41, 5.74) is 1.73. The third-order valence-corrected chi connectivity index (χ3v) is 4.54. The van der Waals surface area contributed by atoms with Gasteiger partial charge in [0.05, 0.1) is 6.26 Å². The number of sulfonamides is 1. The van der Waals surface area contributed by atoms with Crippen molar-refractivity contribution < 1.29 is 13.2 Å². The number of aromatic nitrogens is 1. The van der Waals surface area contributed by atoms with Gasteiger partial charge in [0, 0.05) is 49.7 Å². The highest BCUT2D eigenvalue weighted by Crippen LogP contribution is 2.24. The van der Waals surface area contributed by atoms with E-state index in [4.69, 9.17) is 4.74 Å². The second kappa shape index (κ2) is 7.09. The molecule has 0 amide bonds. The van der Waals surface area contributed by atoms with Crippen LogP contribution in [0.5, 0.6) is 5.75 Å². The number of hydrogen-bond acceptors (Lipinski definition) is 5. The Labute approximate surface area is 142 Å². The maximum absolute atomic E-state index is 11.2. The molecule has 0 aliphatic carbocycles. The first kappa shape index (κ1) is 16.6. The predicted octanol–water partition coefficient (Wildman–Crippen LogP) is 2.50. The SMILES string of the molecule is CS(=O)(=O)Nc1ccc(OC2CCN(c3ccncc3)CC2)cc1. The van der Waals surface area contributed by atoms with Gasteiger partial charge in [0.25, 0.3) is 0 Å². The van der Waals surface area contributed by atoms with Crippen LogP contribution in [0, 0.1) is 0 Å². The number of piperidine rings is 1. The van der Waals surface area contributed by atoms with Crippen molar-refractivity contribution in [2.45, 2.75) is 18.9 Å². The van der Waals surface area contributed by atoms with Crippen LogP contribution in [0.3, 0.4) is 0 Å². The molecule has 1 aliphatic rings. The number of anilines is 2. The molecule has 6 nitrogen and oxygen atoms in total. The van der Waals surface area contributed by atoms with E-state index in [-0.39, 0.29) is 6.10 Å². The Morgan fingerprint density at radius 1 is 1.08 bits per heavy atom. The molecule has 3 rings (SSSR count). The van der Waals surface area contributed by atoms with Gasteiger partial charge in [-0.25, -0.2) is 8.42 Å². The molecule has 1 N–H and O–H groups in total. The van der Waals surface area contributed by atoms with Gasteiger partial charge >= 0.3 is 0 Å².